The summed E-state index contributed by atoms with van der Waals surface area (Å²) in [6.07, 6.45) is 4.06. The van der Waals surface area contributed by atoms with Crippen LogP contribution in [-0.4, -0.2) is 19.7 Å². The number of hydrogen-bond donors (Lipinski definition) is 0. The minimum absolute atomic E-state index is 0.129. The fourth-order valence-electron chi connectivity index (χ4n) is 1.99. The Kier molecular flexibility index (Phi) is 6.72. The van der Waals surface area contributed by atoms with Crippen LogP contribution in [0.5, 0.6) is 5.75 Å². The summed E-state index contributed by atoms with van der Waals surface area (Å²) in [5, 5.41) is 0. The van der Waals surface area contributed by atoms with E-state index < -0.39 is 0 Å². The van der Waals surface area contributed by atoms with Gasteiger partial charge >= 0.3 is 5.97 Å². The van der Waals surface area contributed by atoms with Crippen LogP contribution in [0.3, 0.4) is 0 Å². The Morgan fingerprint density at radius 3 is 2.89 bits per heavy atom. The van der Waals surface area contributed by atoms with Gasteiger partial charge in [-0.25, -0.2) is 0 Å². The van der Waals surface area contributed by atoms with E-state index in [9.17, 15) is 4.79 Å². The van der Waals surface area contributed by atoms with Gasteiger partial charge in [-0.05, 0) is 37.5 Å². The van der Waals surface area contributed by atoms with E-state index in [4.69, 9.17) is 9.47 Å². The molecule has 19 heavy (non-hydrogen) atoms. The molecule has 0 bridgehead atoms. The second-order valence-electron chi connectivity index (χ2n) is 4.32. The molecule has 0 amide bonds. The largest absolute Gasteiger partial charge is 0.497 e. The smallest absolute Gasteiger partial charge is 0.305 e. The SMILES string of the molecule is C=C[C@H](CCCC(=O)OCC)c1cccc(OC)c1. The first-order chi connectivity index (χ1) is 9.21. The van der Waals surface area contributed by atoms with E-state index >= 15 is 0 Å². The molecule has 1 aromatic carbocycles. The second-order valence-corrected chi connectivity index (χ2v) is 4.32. The van der Waals surface area contributed by atoms with Crippen molar-refractivity contribution in [2.24, 2.45) is 0 Å². The highest BCUT2D eigenvalue weighted by Gasteiger charge is 2.10. The predicted octanol–water partition coefficient (Wildman–Crippen LogP) is 3.70. The molecule has 0 unspecified atom stereocenters. The van der Waals surface area contributed by atoms with Gasteiger partial charge in [0.1, 0.15) is 5.75 Å². The molecule has 0 N–H and O–H groups in total. The summed E-state index contributed by atoms with van der Waals surface area (Å²) in [7, 11) is 1.66. The Bertz CT molecular complexity index is 412. The van der Waals surface area contributed by atoms with Gasteiger partial charge in [-0.1, -0.05) is 18.2 Å². The Balaban J connectivity index is 2.53. The molecule has 0 aliphatic heterocycles. The van der Waals surface area contributed by atoms with E-state index in [1.165, 1.54) is 5.56 Å². The van der Waals surface area contributed by atoms with E-state index in [1.54, 1.807) is 7.11 Å². The van der Waals surface area contributed by atoms with E-state index in [1.807, 2.05) is 31.2 Å². The zero-order valence-corrected chi connectivity index (χ0v) is 11.7. The monoisotopic (exact) mass is 262 g/mol. The normalized spacial score (nSPS) is 11.7. The highest BCUT2D eigenvalue weighted by atomic mass is 16.5. The number of carbonyl (C=O) groups is 1. The molecule has 0 aromatic heterocycles. The lowest BCUT2D eigenvalue weighted by Gasteiger charge is -2.13. The lowest BCUT2D eigenvalue weighted by Crippen LogP contribution is -2.04. The summed E-state index contributed by atoms with van der Waals surface area (Å²) >= 11 is 0. The molecule has 1 rings (SSSR count). The summed E-state index contributed by atoms with van der Waals surface area (Å²) in [6.45, 7) is 6.13. The fourth-order valence-corrected chi connectivity index (χ4v) is 1.99. The molecular weight excluding hydrogens is 240 g/mol. The summed E-state index contributed by atoms with van der Waals surface area (Å²) in [4.78, 5) is 11.3. The third-order valence-electron chi connectivity index (χ3n) is 3.01. The highest BCUT2D eigenvalue weighted by Crippen LogP contribution is 2.26. The molecule has 0 aliphatic rings. The summed E-state index contributed by atoms with van der Waals surface area (Å²) in [5.74, 6) is 0.954. The minimum Gasteiger partial charge on any atom is -0.497 e. The lowest BCUT2D eigenvalue weighted by molar-refractivity contribution is -0.143. The van der Waals surface area contributed by atoms with Crippen molar-refractivity contribution < 1.29 is 14.3 Å². The Hall–Kier alpha value is -1.77. The van der Waals surface area contributed by atoms with Crippen LogP contribution < -0.4 is 4.74 Å². The molecule has 0 radical (unpaired) electrons. The maximum atomic E-state index is 11.3. The Morgan fingerprint density at radius 2 is 2.26 bits per heavy atom. The van der Waals surface area contributed by atoms with E-state index in [0.29, 0.717) is 13.0 Å². The molecular formula is C16H22O3. The van der Waals surface area contributed by atoms with Crippen LogP contribution in [0.25, 0.3) is 0 Å². The number of rotatable bonds is 8. The number of hydrogen-bond acceptors (Lipinski definition) is 3. The zero-order chi connectivity index (χ0) is 14.1. The molecule has 0 saturated carbocycles. The summed E-state index contributed by atoms with van der Waals surface area (Å²) in [6, 6.07) is 7.95. The first kappa shape index (κ1) is 15.3. The van der Waals surface area contributed by atoms with Crippen LogP contribution >= 0.6 is 0 Å². The average molecular weight is 262 g/mol. The van der Waals surface area contributed by atoms with Crippen molar-refractivity contribution in [2.45, 2.75) is 32.1 Å². The van der Waals surface area contributed by atoms with Gasteiger partial charge in [0.25, 0.3) is 0 Å². The van der Waals surface area contributed by atoms with Gasteiger partial charge in [0.15, 0.2) is 0 Å². The van der Waals surface area contributed by atoms with Crippen molar-refractivity contribution in [3.63, 3.8) is 0 Å². The van der Waals surface area contributed by atoms with Gasteiger partial charge in [-0.2, -0.15) is 0 Å². The quantitative estimate of drug-likeness (QED) is 0.529. The van der Waals surface area contributed by atoms with Gasteiger partial charge in [0, 0.05) is 12.3 Å². The lowest BCUT2D eigenvalue weighted by atomic mass is 9.93. The standard InChI is InChI=1S/C16H22O3/c1-4-13(8-7-11-16(17)19-5-2)14-9-6-10-15(12-14)18-3/h4,6,9-10,12-13H,1,5,7-8,11H2,2-3H3/t13-/m1/s1. The first-order valence-electron chi connectivity index (χ1n) is 6.63. The van der Waals surface area contributed by atoms with Gasteiger partial charge in [0.2, 0.25) is 0 Å². The molecule has 0 saturated heterocycles. The van der Waals surface area contributed by atoms with Crippen molar-refractivity contribution >= 4 is 5.97 Å². The maximum Gasteiger partial charge on any atom is 0.305 e. The molecule has 3 heteroatoms. The third-order valence-corrected chi connectivity index (χ3v) is 3.01. The third kappa shape index (κ3) is 5.16. The summed E-state index contributed by atoms with van der Waals surface area (Å²) in [5.41, 5.74) is 1.17. The number of esters is 1. The molecule has 0 heterocycles. The van der Waals surface area contributed by atoms with Crippen LogP contribution in [0.15, 0.2) is 36.9 Å². The van der Waals surface area contributed by atoms with Crippen LogP contribution in [0.2, 0.25) is 0 Å². The molecule has 0 aliphatic carbocycles. The van der Waals surface area contributed by atoms with Crippen LogP contribution in [-0.2, 0) is 9.53 Å². The van der Waals surface area contributed by atoms with Crippen LogP contribution in [0.1, 0.15) is 37.7 Å². The van der Waals surface area contributed by atoms with Crippen molar-refractivity contribution in [1.82, 2.24) is 0 Å². The van der Waals surface area contributed by atoms with Crippen molar-refractivity contribution in [2.75, 3.05) is 13.7 Å². The molecule has 3 nitrogen and oxygen atoms in total. The number of methoxy groups -OCH3 is 1. The highest BCUT2D eigenvalue weighted by molar-refractivity contribution is 5.69. The predicted molar refractivity (Wildman–Crippen MR) is 76.4 cm³/mol. The van der Waals surface area contributed by atoms with Crippen LogP contribution in [0.4, 0.5) is 0 Å². The topological polar surface area (TPSA) is 35.5 Å². The maximum absolute atomic E-state index is 11.3. The zero-order valence-electron chi connectivity index (χ0n) is 11.7. The molecule has 0 spiro atoms. The first-order valence-corrected chi connectivity index (χ1v) is 6.63. The van der Waals surface area contributed by atoms with Gasteiger partial charge in [0.05, 0.1) is 13.7 Å². The fraction of sp³-hybridized carbons (Fsp3) is 0.438. The van der Waals surface area contributed by atoms with E-state index in [-0.39, 0.29) is 11.9 Å². The number of allylic oxidation sites excluding steroid dienone is 1. The number of ether oxygens (including phenoxy) is 2. The molecule has 104 valence electrons. The van der Waals surface area contributed by atoms with Gasteiger partial charge < -0.3 is 9.47 Å². The molecule has 1 atom stereocenters. The van der Waals surface area contributed by atoms with Crippen LogP contribution in [0, 0.1) is 0 Å². The van der Waals surface area contributed by atoms with Crippen molar-refractivity contribution in [1.29, 1.82) is 0 Å². The van der Waals surface area contributed by atoms with Crippen molar-refractivity contribution in [3.8, 4) is 5.75 Å². The van der Waals surface area contributed by atoms with Gasteiger partial charge in [-0.15, -0.1) is 6.58 Å². The minimum atomic E-state index is -0.129. The summed E-state index contributed by atoms with van der Waals surface area (Å²) < 4.78 is 10.1. The van der Waals surface area contributed by atoms with E-state index in [2.05, 4.69) is 12.6 Å². The Morgan fingerprint density at radius 1 is 1.47 bits per heavy atom. The number of carbonyl (C=O) groups excluding carboxylic acids is 1. The van der Waals surface area contributed by atoms with E-state index in [0.717, 1.165) is 18.6 Å². The average Bonchev–Trinajstić information content (AvgIpc) is 2.44. The molecule has 1 aromatic rings. The van der Waals surface area contributed by atoms with Crippen molar-refractivity contribution in [3.05, 3.63) is 42.5 Å². The number of benzene rings is 1. The Labute approximate surface area is 115 Å². The second kappa shape index (κ2) is 8.35. The molecule has 0 fully saturated rings. The van der Waals surface area contributed by atoms with Gasteiger partial charge in [-0.3, -0.25) is 4.79 Å².